The second-order valence-corrected chi connectivity index (χ2v) is 6.97. The molecule has 0 atom stereocenters. The topological polar surface area (TPSA) is 52.6 Å². The fraction of sp³-hybridized carbons (Fsp3) is 0.538. The summed E-state index contributed by atoms with van der Waals surface area (Å²) in [5.74, 6) is 1.60. The average Bonchev–Trinajstić information content (AvgIpc) is 2.38. The average molecular weight is 351 g/mol. The van der Waals surface area contributed by atoms with Crippen LogP contribution in [0.3, 0.4) is 0 Å². The van der Waals surface area contributed by atoms with Crippen molar-refractivity contribution in [2.75, 3.05) is 25.2 Å². The minimum atomic E-state index is -3.01. The van der Waals surface area contributed by atoms with Gasteiger partial charge < -0.3 is 9.47 Å². The highest BCUT2D eigenvalue weighted by Crippen LogP contribution is 2.26. The van der Waals surface area contributed by atoms with Crippen LogP contribution in [0.15, 0.2) is 18.2 Å². The number of hydrogen-bond donors (Lipinski definition) is 0. The lowest BCUT2D eigenvalue weighted by Gasteiger charge is -2.11. The summed E-state index contributed by atoms with van der Waals surface area (Å²) in [4.78, 5) is 0. The first-order chi connectivity index (χ1) is 9.02. The standard InChI is InChI=1S/C13H19BrO4S/c1-3-7-19(15,16)8-6-18-13-9-12(17-2)5-4-11(13)10-14/h4-5,9H,3,6-8,10H2,1-2H3. The van der Waals surface area contributed by atoms with Crippen LogP contribution in [0, 0.1) is 0 Å². The molecule has 4 nitrogen and oxygen atoms in total. The molecule has 19 heavy (non-hydrogen) atoms. The van der Waals surface area contributed by atoms with E-state index in [1.165, 1.54) is 0 Å². The van der Waals surface area contributed by atoms with E-state index in [-0.39, 0.29) is 18.1 Å². The van der Waals surface area contributed by atoms with Crippen molar-refractivity contribution >= 4 is 25.8 Å². The normalized spacial score (nSPS) is 11.3. The van der Waals surface area contributed by atoms with Crippen LogP contribution in [0.5, 0.6) is 11.5 Å². The molecule has 6 heteroatoms. The fourth-order valence-electron chi connectivity index (χ4n) is 1.60. The molecular weight excluding hydrogens is 332 g/mol. The molecular formula is C13H19BrO4S. The lowest BCUT2D eigenvalue weighted by atomic mass is 10.2. The van der Waals surface area contributed by atoms with Gasteiger partial charge in [0.25, 0.3) is 0 Å². The van der Waals surface area contributed by atoms with Crippen molar-refractivity contribution in [1.82, 2.24) is 0 Å². The number of methoxy groups -OCH3 is 1. The van der Waals surface area contributed by atoms with Crippen molar-refractivity contribution in [1.29, 1.82) is 0 Å². The van der Waals surface area contributed by atoms with Crippen molar-refractivity contribution in [3.05, 3.63) is 23.8 Å². The molecule has 0 aliphatic heterocycles. The highest BCUT2D eigenvalue weighted by Gasteiger charge is 2.11. The van der Waals surface area contributed by atoms with E-state index in [1.54, 1.807) is 13.2 Å². The molecule has 0 bridgehead atoms. The summed E-state index contributed by atoms with van der Waals surface area (Å²) in [5, 5.41) is 0.647. The van der Waals surface area contributed by atoms with Gasteiger partial charge in [0.1, 0.15) is 18.1 Å². The lowest BCUT2D eigenvalue weighted by molar-refractivity contribution is 0.334. The van der Waals surface area contributed by atoms with Crippen molar-refractivity contribution in [2.24, 2.45) is 0 Å². The van der Waals surface area contributed by atoms with Crippen LogP contribution in [-0.2, 0) is 15.2 Å². The Morgan fingerprint density at radius 3 is 2.58 bits per heavy atom. The fourth-order valence-corrected chi connectivity index (χ4v) is 3.22. The second-order valence-electron chi connectivity index (χ2n) is 4.11. The summed E-state index contributed by atoms with van der Waals surface area (Å²) in [7, 11) is -1.42. The summed E-state index contributed by atoms with van der Waals surface area (Å²) in [6.45, 7) is 2.01. The van der Waals surface area contributed by atoms with Gasteiger partial charge >= 0.3 is 0 Å². The molecule has 108 valence electrons. The number of halogens is 1. The molecule has 0 saturated heterocycles. The van der Waals surface area contributed by atoms with Gasteiger partial charge in [-0.15, -0.1) is 0 Å². The Labute approximate surface area is 123 Å². The number of rotatable bonds is 8. The van der Waals surface area contributed by atoms with E-state index >= 15 is 0 Å². The Hall–Kier alpha value is -0.750. The summed E-state index contributed by atoms with van der Waals surface area (Å²) in [6, 6.07) is 5.50. The van der Waals surface area contributed by atoms with Gasteiger partial charge in [-0.1, -0.05) is 28.9 Å². The van der Waals surface area contributed by atoms with E-state index in [2.05, 4.69) is 15.9 Å². The summed E-state index contributed by atoms with van der Waals surface area (Å²) < 4.78 is 33.9. The van der Waals surface area contributed by atoms with E-state index < -0.39 is 9.84 Å². The first-order valence-electron chi connectivity index (χ1n) is 6.08. The number of alkyl halides is 1. The Morgan fingerprint density at radius 2 is 2.00 bits per heavy atom. The van der Waals surface area contributed by atoms with E-state index in [9.17, 15) is 8.42 Å². The van der Waals surface area contributed by atoms with Gasteiger partial charge in [0.2, 0.25) is 0 Å². The third-order valence-electron chi connectivity index (χ3n) is 2.59. The Morgan fingerprint density at radius 1 is 1.26 bits per heavy atom. The Bertz CT molecular complexity index is 499. The minimum absolute atomic E-state index is 0.0414. The molecule has 0 aliphatic carbocycles. The molecule has 0 aromatic heterocycles. The molecule has 0 aliphatic rings. The third kappa shape index (κ3) is 5.40. The predicted molar refractivity (Wildman–Crippen MR) is 80.1 cm³/mol. The molecule has 0 unspecified atom stereocenters. The van der Waals surface area contributed by atoms with E-state index in [1.807, 2.05) is 19.1 Å². The number of sulfone groups is 1. The van der Waals surface area contributed by atoms with Crippen LogP contribution < -0.4 is 9.47 Å². The van der Waals surface area contributed by atoms with Gasteiger partial charge in [-0.25, -0.2) is 8.42 Å². The summed E-state index contributed by atoms with van der Waals surface area (Å²) in [5.41, 5.74) is 0.966. The Kier molecular flexibility index (Phi) is 6.65. The van der Waals surface area contributed by atoms with Crippen molar-refractivity contribution in [2.45, 2.75) is 18.7 Å². The third-order valence-corrected chi connectivity index (χ3v) is 5.01. The van der Waals surface area contributed by atoms with Crippen molar-refractivity contribution < 1.29 is 17.9 Å². The molecule has 1 aromatic rings. The second kappa shape index (κ2) is 7.75. The molecule has 0 amide bonds. The zero-order valence-corrected chi connectivity index (χ0v) is 13.6. The number of benzene rings is 1. The molecule has 0 saturated carbocycles. The van der Waals surface area contributed by atoms with E-state index in [0.717, 1.165) is 5.56 Å². The van der Waals surface area contributed by atoms with Crippen LogP contribution in [0.4, 0.5) is 0 Å². The smallest absolute Gasteiger partial charge is 0.153 e. The quantitative estimate of drug-likeness (QED) is 0.676. The minimum Gasteiger partial charge on any atom is -0.497 e. The molecule has 0 N–H and O–H groups in total. The first-order valence-corrected chi connectivity index (χ1v) is 9.02. The molecule has 0 fully saturated rings. The highest BCUT2D eigenvalue weighted by molar-refractivity contribution is 9.08. The summed E-state index contributed by atoms with van der Waals surface area (Å²) >= 11 is 3.37. The highest BCUT2D eigenvalue weighted by atomic mass is 79.9. The predicted octanol–water partition coefficient (Wildman–Crippen LogP) is 2.79. The van der Waals surface area contributed by atoms with Crippen LogP contribution in [0.2, 0.25) is 0 Å². The van der Waals surface area contributed by atoms with Gasteiger partial charge in [-0.3, -0.25) is 0 Å². The van der Waals surface area contributed by atoms with Crippen LogP contribution in [0.1, 0.15) is 18.9 Å². The zero-order chi connectivity index (χ0) is 14.3. The SMILES string of the molecule is CCCS(=O)(=O)CCOc1cc(OC)ccc1CBr. The van der Waals surface area contributed by atoms with E-state index in [0.29, 0.717) is 23.2 Å². The van der Waals surface area contributed by atoms with Gasteiger partial charge in [0.05, 0.1) is 18.6 Å². The van der Waals surface area contributed by atoms with Crippen molar-refractivity contribution in [3.8, 4) is 11.5 Å². The molecule has 1 rings (SSSR count). The lowest BCUT2D eigenvalue weighted by Crippen LogP contribution is -2.17. The van der Waals surface area contributed by atoms with Gasteiger partial charge in [-0.2, -0.15) is 0 Å². The molecule has 1 aromatic carbocycles. The Balaban J connectivity index is 2.66. The number of ether oxygens (including phenoxy) is 2. The largest absolute Gasteiger partial charge is 0.497 e. The van der Waals surface area contributed by atoms with Crippen LogP contribution >= 0.6 is 15.9 Å². The molecule has 0 spiro atoms. The maximum Gasteiger partial charge on any atom is 0.153 e. The monoisotopic (exact) mass is 350 g/mol. The van der Waals surface area contributed by atoms with Crippen LogP contribution in [0.25, 0.3) is 0 Å². The van der Waals surface area contributed by atoms with Crippen molar-refractivity contribution in [3.63, 3.8) is 0 Å². The van der Waals surface area contributed by atoms with E-state index in [4.69, 9.17) is 9.47 Å². The van der Waals surface area contributed by atoms with Gasteiger partial charge in [-0.05, 0) is 12.5 Å². The molecule has 0 radical (unpaired) electrons. The molecule has 0 heterocycles. The zero-order valence-electron chi connectivity index (χ0n) is 11.2. The van der Waals surface area contributed by atoms with Gasteiger partial charge in [0.15, 0.2) is 9.84 Å². The van der Waals surface area contributed by atoms with Gasteiger partial charge in [0, 0.05) is 17.0 Å². The maximum atomic E-state index is 11.6. The first kappa shape index (κ1) is 16.3. The van der Waals surface area contributed by atoms with Crippen LogP contribution in [-0.4, -0.2) is 33.6 Å². The summed E-state index contributed by atoms with van der Waals surface area (Å²) in [6.07, 6.45) is 0.633. The number of hydrogen-bond acceptors (Lipinski definition) is 4. The maximum absolute atomic E-state index is 11.6.